The van der Waals surface area contributed by atoms with Gasteiger partial charge in [-0.25, -0.2) is 0 Å². The van der Waals surface area contributed by atoms with E-state index >= 15 is 0 Å². The first kappa shape index (κ1) is 13.3. The fourth-order valence-corrected chi connectivity index (χ4v) is 3.33. The standard InChI is InChI=1S/C14H28N2O/c1-2-17-12-6-11-16-10-5-9-15-14(13-16)7-3-4-8-14/h15H,2-13H2,1H3. The lowest BCUT2D eigenvalue weighted by Crippen LogP contribution is -2.49. The van der Waals surface area contributed by atoms with Crippen molar-refractivity contribution in [1.82, 2.24) is 10.2 Å². The lowest BCUT2D eigenvalue weighted by Gasteiger charge is -2.33. The molecule has 3 nitrogen and oxygen atoms in total. The third-order valence-electron chi connectivity index (χ3n) is 4.21. The highest BCUT2D eigenvalue weighted by Crippen LogP contribution is 2.31. The summed E-state index contributed by atoms with van der Waals surface area (Å²) < 4.78 is 5.43. The van der Waals surface area contributed by atoms with Gasteiger partial charge in [-0.2, -0.15) is 0 Å². The Labute approximate surface area is 106 Å². The van der Waals surface area contributed by atoms with E-state index in [1.807, 2.05) is 0 Å². The second kappa shape index (κ2) is 6.72. The van der Waals surface area contributed by atoms with Crippen molar-refractivity contribution < 1.29 is 4.74 Å². The molecular formula is C14H28N2O. The minimum Gasteiger partial charge on any atom is -0.382 e. The third kappa shape index (κ3) is 3.94. The molecule has 0 aromatic carbocycles. The van der Waals surface area contributed by atoms with E-state index in [0.717, 1.165) is 13.2 Å². The number of hydrogen-bond acceptors (Lipinski definition) is 3. The van der Waals surface area contributed by atoms with Crippen molar-refractivity contribution in [3.05, 3.63) is 0 Å². The Balaban J connectivity index is 1.76. The zero-order valence-electron chi connectivity index (χ0n) is 11.3. The molecule has 0 aromatic rings. The van der Waals surface area contributed by atoms with Gasteiger partial charge in [0, 0.05) is 31.8 Å². The molecule has 1 N–H and O–H groups in total. The van der Waals surface area contributed by atoms with Gasteiger partial charge in [-0.05, 0) is 45.7 Å². The first-order chi connectivity index (χ1) is 8.35. The molecule has 1 aliphatic heterocycles. The van der Waals surface area contributed by atoms with Crippen molar-refractivity contribution in [3.8, 4) is 0 Å². The summed E-state index contributed by atoms with van der Waals surface area (Å²) in [5, 5.41) is 3.82. The van der Waals surface area contributed by atoms with Crippen LogP contribution in [-0.4, -0.2) is 49.8 Å². The van der Waals surface area contributed by atoms with Crippen molar-refractivity contribution in [1.29, 1.82) is 0 Å². The molecule has 0 amide bonds. The summed E-state index contributed by atoms with van der Waals surface area (Å²) in [6, 6.07) is 0. The van der Waals surface area contributed by atoms with E-state index < -0.39 is 0 Å². The number of ether oxygens (including phenoxy) is 1. The summed E-state index contributed by atoms with van der Waals surface area (Å²) in [6.45, 7) is 8.80. The van der Waals surface area contributed by atoms with Crippen LogP contribution in [0.5, 0.6) is 0 Å². The van der Waals surface area contributed by atoms with E-state index in [2.05, 4.69) is 17.1 Å². The maximum atomic E-state index is 5.43. The number of hydrogen-bond donors (Lipinski definition) is 1. The van der Waals surface area contributed by atoms with E-state index in [4.69, 9.17) is 4.74 Å². The number of nitrogens with one attached hydrogen (secondary N) is 1. The van der Waals surface area contributed by atoms with E-state index in [1.54, 1.807) is 0 Å². The third-order valence-corrected chi connectivity index (χ3v) is 4.21. The maximum Gasteiger partial charge on any atom is 0.0478 e. The van der Waals surface area contributed by atoms with E-state index in [0.29, 0.717) is 5.54 Å². The average Bonchev–Trinajstić information content (AvgIpc) is 2.68. The Morgan fingerprint density at radius 2 is 2.06 bits per heavy atom. The van der Waals surface area contributed by atoms with Crippen LogP contribution in [0.2, 0.25) is 0 Å². The number of rotatable bonds is 5. The molecule has 0 aromatic heterocycles. The molecule has 17 heavy (non-hydrogen) atoms. The summed E-state index contributed by atoms with van der Waals surface area (Å²) in [5.41, 5.74) is 0.460. The van der Waals surface area contributed by atoms with Crippen molar-refractivity contribution in [3.63, 3.8) is 0 Å². The predicted molar refractivity (Wildman–Crippen MR) is 71.4 cm³/mol. The Hall–Kier alpha value is -0.120. The highest BCUT2D eigenvalue weighted by atomic mass is 16.5. The highest BCUT2D eigenvalue weighted by molar-refractivity contribution is 4.96. The minimum absolute atomic E-state index is 0.460. The maximum absolute atomic E-state index is 5.43. The Morgan fingerprint density at radius 3 is 2.82 bits per heavy atom. The molecule has 2 aliphatic rings. The highest BCUT2D eigenvalue weighted by Gasteiger charge is 2.35. The quantitative estimate of drug-likeness (QED) is 0.744. The van der Waals surface area contributed by atoms with Crippen LogP contribution in [0.25, 0.3) is 0 Å². The Kier molecular flexibility index (Phi) is 5.26. The molecular weight excluding hydrogens is 212 g/mol. The van der Waals surface area contributed by atoms with Gasteiger partial charge in [0.15, 0.2) is 0 Å². The van der Waals surface area contributed by atoms with Gasteiger partial charge in [-0.3, -0.25) is 0 Å². The molecule has 3 heteroatoms. The summed E-state index contributed by atoms with van der Waals surface area (Å²) in [4.78, 5) is 2.66. The van der Waals surface area contributed by atoms with Crippen molar-refractivity contribution in [2.24, 2.45) is 0 Å². The summed E-state index contributed by atoms with van der Waals surface area (Å²) in [6.07, 6.45) is 8.09. The topological polar surface area (TPSA) is 24.5 Å². The second-order valence-electron chi connectivity index (χ2n) is 5.59. The van der Waals surface area contributed by atoms with Crippen molar-refractivity contribution in [2.75, 3.05) is 39.4 Å². The molecule has 0 radical (unpaired) electrons. The van der Waals surface area contributed by atoms with Crippen molar-refractivity contribution in [2.45, 2.75) is 51.0 Å². The predicted octanol–water partition coefficient (Wildman–Crippen LogP) is 2.02. The lowest BCUT2D eigenvalue weighted by atomic mass is 9.97. The molecule has 2 rings (SSSR count). The van der Waals surface area contributed by atoms with E-state index in [1.165, 1.54) is 64.7 Å². The normalized spacial score (nSPS) is 25.2. The summed E-state index contributed by atoms with van der Waals surface area (Å²) >= 11 is 0. The molecule has 2 fully saturated rings. The molecule has 0 atom stereocenters. The molecule has 100 valence electrons. The smallest absolute Gasteiger partial charge is 0.0478 e. The largest absolute Gasteiger partial charge is 0.382 e. The fourth-order valence-electron chi connectivity index (χ4n) is 3.33. The zero-order chi connectivity index (χ0) is 12.0. The van der Waals surface area contributed by atoms with Gasteiger partial charge in [0.05, 0.1) is 0 Å². The Morgan fingerprint density at radius 1 is 1.24 bits per heavy atom. The van der Waals surface area contributed by atoms with Gasteiger partial charge in [0.25, 0.3) is 0 Å². The first-order valence-corrected chi connectivity index (χ1v) is 7.40. The van der Waals surface area contributed by atoms with E-state index in [-0.39, 0.29) is 0 Å². The van der Waals surface area contributed by atoms with Gasteiger partial charge in [-0.15, -0.1) is 0 Å². The minimum atomic E-state index is 0.460. The lowest BCUT2D eigenvalue weighted by molar-refractivity contribution is 0.126. The van der Waals surface area contributed by atoms with Gasteiger partial charge in [0.2, 0.25) is 0 Å². The molecule has 0 unspecified atom stereocenters. The summed E-state index contributed by atoms with van der Waals surface area (Å²) in [7, 11) is 0. The molecule has 1 saturated heterocycles. The van der Waals surface area contributed by atoms with Crippen LogP contribution in [0.4, 0.5) is 0 Å². The van der Waals surface area contributed by atoms with Crippen LogP contribution in [0.15, 0.2) is 0 Å². The molecule has 1 spiro atoms. The van der Waals surface area contributed by atoms with Crippen LogP contribution in [-0.2, 0) is 4.74 Å². The molecule has 1 heterocycles. The van der Waals surface area contributed by atoms with Gasteiger partial charge >= 0.3 is 0 Å². The van der Waals surface area contributed by atoms with Gasteiger partial charge in [-0.1, -0.05) is 12.8 Å². The monoisotopic (exact) mass is 240 g/mol. The van der Waals surface area contributed by atoms with Crippen LogP contribution < -0.4 is 5.32 Å². The van der Waals surface area contributed by atoms with Crippen LogP contribution in [0.3, 0.4) is 0 Å². The number of nitrogens with zero attached hydrogens (tertiary/aromatic N) is 1. The van der Waals surface area contributed by atoms with Crippen LogP contribution in [0, 0.1) is 0 Å². The first-order valence-electron chi connectivity index (χ1n) is 7.40. The van der Waals surface area contributed by atoms with E-state index in [9.17, 15) is 0 Å². The molecule has 0 bridgehead atoms. The van der Waals surface area contributed by atoms with Crippen LogP contribution in [0.1, 0.15) is 45.4 Å². The van der Waals surface area contributed by atoms with Gasteiger partial charge < -0.3 is 15.0 Å². The fraction of sp³-hybridized carbons (Fsp3) is 1.00. The SMILES string of the molecule is CCOCCCN1CCCNC2(CCCC2)C1. The Bertz CT molecular complexity index is 214. The van der Waals surface area contributed by atoms with Gasteiger partial charge in [0.1, 0.15) is 0 Å². The molecule has 1 aliphatic carbocycles. The molecule has 1 saturated carbocycles. The zero-order valence-corrected chi connectivity index (χ0v) is 11.3. The van der Waals surface area contributed by atoms with Crippen molar-refractivity contribution >= 4 is 0 Å². The second-order valence-corrected chi connectivity index (χ2v) is 5.59. The average molecular weight is 240 g/mol. The summed E-state index contributed by atoms with van der Waals surface area (Å²) in [5.74, 6) is 0. The van der Waals surface area contributed by atoms with Crippen LogP contribution >= 0.6 is 0 Å².